The van der Waals surface area contributed by atoms with Gasteiger partial charge in [-0.2, -0.15) is 0 Å². The molecule has 1 fully saturated rings. The zero-order chi connectivity index (χ0) is 18.0. The van der Waals surface area contributed by atoms with Gasteiger partial charge in [0, 0.05) is 30.6 Å². The number of nitrogens with zero attached hydrogens (tertiary/aromatic N) is 3. The van der Waals surface area contributed by atoms with Gasteiger partial charge in [-0.25, -0.2) is 18.4 Å². The molecule has 3 heterocycles. The normalized spacial score (nSPS) is 18.3. The average molecular weight is 381 g/mol. The number of anilines is 1. The quantitative estimate of drug-likeness (QED) is 0.858. The second-order valence-corrected chi connectivity index (χ2v) is 9.60. The number of hydrogen-bond acceptors (Lipinski definition) is 7. The Morgan fingerprint density at radius 1 is 1.44 bits per heavy atom. The van der Waals surface area contributed by atoms with Gasteiger partial charge in [-0.15, -0.1) is 11.3 Å². The monoisotopic (exact) mass is 380 g/mol. The fourth-order valence-electron chi connectivity index (χ4n) is 3.07. The Morgan fingerprint density at radius 2 is 2.24 bits per heavy atom. The molecule has 2 aromatic rings. The summed E-state index contributed by atoms with van der Waals surface area (Å²) in [6.07, 6.45) is 4.67. The Bertz CT molecular complexity index is 842. The van der Waals surface area contributed by atoms with Gasteiger partial charge < -0.3 is 10.2 Å². The van der Waals surface area contributed by atoms with E-state index in [0.29, 0.717) is 18.2 Å². The molecular weight excluding hydrogens is 356 g/mol. The SMILES string of the molecule is Cc1ccsc1CN(C)c1ncc(S(C)(=O)=O)c(C2CCCNC2)n1. The van der Waals surface area contributed by atoms with Crippen molar-refractivity contribution in [1.29, 1.82) is 0 Å². The summed E-state index contributed by atoms with van der Waals surface area (Å²) in [7, 11) is -1.41. The highest BCUT2D eigenvalue weighted by Gasteiger charge is 2.26. The van der Waals surface area contributed by atoms with E-state index in [1.807, 2.05) is 11.9 Å². The van der Waals surface area contributed by atoms with Crippen LogP contribution >= 0.6 is 11.3 Å². The molecule has 1 N–H and O–H groups in total. The maximum absolute atomic E-state index is 12.2. The molecule has 1 aliphatic rings. The predicted molar refractivity (Wildman–Crippen MR) is 101 cm³/mol. The fourth-order valence-corrected chi connectivity index (χ4v) is 4.87. The van der Waals surface area contributed by atoms with Gasteiger partial charge >= 0.3 is 0 Å². The van der Waals surface area contributed by atoms with Gasteiger partial charge in [0.15, 0.2) is 9.84 Å². The van der Waals surface area contributed by atoms with Crippen LogP contribution in [0.1, 0.15) is 34.9 Å². The van der Waals surface area contributed by atoms with Crippen molar-refractivity contribution in [3.63, 3.8) is 0 Å². The van der Waals surface area contributed by atoms with E-state index in [2.05, 4.69) is 33.7 Å². The van der Waals surface area contributed by atoms with Crippen LogP contribution in [0.2, 0.25) is 0 Å². The summed E-state index contributed by atoms with van der Waals surface area (Å²) >= 11 is 1.71. The van der Waals surface area contributed by atoms with Crippen molar-refractivity contribution in [2.75, 3.05) is 31.3 Å². The Morgan fingerprint density at radius 3 is 2.84 bits per heavy atom. The molecule has 6 nitrogen and oxygen atoms in total. The second-order valence-electron chi connectivity index (χ2n) is 6.62. The summed E-state index contributed by atoms with van der Waals surface area (Å²) in [5, 5.41) is 5.41. The highest BCUT2D eigenvalue weighted by Crippen LogP contribution is 2.29. The van der Waals surface area contributed by atoms with Crippen LogP contribution in [0, 0.1) is 6.92 Å². The zero-order valence-electron chi connectivity index (χ0n) is 14.8. The number of piperidine rings is 1. The molecule has 8 heteroatoms. The van der Waals surface area contributed by atoms with E-state index in [1.165, 1.54) is 22.9 Å². The Hall–Kier alpha value is -1.51. The van der Waals surface area contributed by atoms with Crippen LogP contribution in [0.25, 0.3) is 0 Å². The molecule has 25 heavy (non-hydrogen) atoms. The molecular formula is C17H24N4O2S2. The first-order valence-corrected chi connectivity index (χ1v) is 11.1. The van der Waals surface area contributed by atoms with Crippen LogP contribution in [0.4, 0.5) is 5.95 Å². The first kappa shape index (κ1) is 18.3. The summed E-state index contributed by atoms with van der Waals surface area (Å²) in [6.45, 7) is 4.53. The van der Waals surface area contributed by atoms with Crippen molar-refractivity contribution >= 4 is 27.1 Å². The third-order valence-corrected chi connectivity index (χ3v) is 6.66. The van der Waals surface area contributed by atoms with Crippen molar-refractivity contribution in [2.45, 2.75) is 37.1 Å². The number of sulfone groups is 1. The number of rotatable bonds is 5. The first-order valence-electron chi connectivity index (χ1n) is 8.38. The molecule has 2 aromatic heterocycles. The fraction of sp³-hybridized carbons (Fsp3) is 0.529. The van der Waals surface area contributed by atoms with E-state index < -0.39 is 9.84 Å². The van der Waals surface area contributed by atoms with E-state index in [9.17, 15) is 8.42 Å². The van der Waals surface area contributed by atoms with Crippen LogP contribution in [-0.2, 0) is 16.4 Å². The Balaban J connectivity index is 1.94. The van der Waals surface area contributed by atoms with Crippen molar-refractivity contribution in [2.24, 2.45) is 0 Å². The smallest absolute Gasteiger partial charge is 0.225 e. The number of nitrogens with one attached hydrogen (secondary N) is 1. The maximum atomic E-state index is 12.2. The first-order chi connectivity index (χ1) is 11.9. The molecule has 1 atom stereocenters. The molecule has 0 amide bonds. The zero-order valence-corrected chi connectivity index (χ0v) is 16.5. The molecule has 1 unspecified atom stereocenters. The molecule has 0 radical (unpaired) electrons. The third-order valence-electron chi connectivity index (χ3n) is 4.54. The second kappa shape index (κ2) is 7.39. The van der Waals surface area contributed by atoms with Crippen LogP contribution in [-0.4, -0.2) is 44.8 Å². The van der Waals surface area contributed by atoms with Gasteiger partial charge in [-0.05, 0) is 43.3 Å². The van der Waals surface area contributed by atoms with Gasteiger partial charge in [0.25, 0.3) is 0 Å². The van der Waals surface area contributed by atoms with E-state index in [-0.39, 0.29) is 10.8 Å². The minimum Gasteiger partial charge on any atom is -0.339 e. The molecule has 0 aromatic carbocycles. The molecule has 3 rings (SSSR count). The summed E-state index contributed by atoms with van der Waals surface area (Å²) in [4.78, 5) is 12.5. The molecule has 1 saturated heterocycles. The molecule has 0 aliphatic carbocycles. The largest absolute Gasteiger partial charge is 0.339 e. The molecule has 0 bridgehead atoms. The van der Waals surface area contributed by atoms with Crippen molar-refractivity contribution < 1.29 is 8.42 Å². The van der Waals surface area contributed by atoms with Crippen LogP contribution in [0.15, 0.2) is 22.5 Å². The maximum Gasteiger partial charge on any atom is 0.225 e. The van der Waals surface area contributed by atoms with Gasteiger partial charge in [-0.1, -0.05) is 0 Å². The van der Waals surface area contributed by atoms with E-state index in [0.717, 1.165) is 25.9 Å². The van der Waals surface area contributed by atoms with Crippen molar-refractivity contribution in [1.82, 2.24) is 15.3 Å². The Kier molecular flexibility index (Phi) is 5.41. The highest BCUT2D eigenvalue weighted by molar-refractivity contribution is 7.90. The van der Waals surface area contributed by atoms with Crippen LogP contribution in [0.3, 0.4) is 0 Å². The molecule has 1 aliphatic heterocycles. The highest BCUT2D eigenvalue weighted by atomic mass is 32.2. The lowest BCUT2D eigenvalue weighted by molar-refractivity contribution is 0.447. The number of hydrogen-bond donors (Lipinski definition) is 1. The van der Waals surface area contributed by atoms with Gasteiger partial charge in [-0.3, -0.25) is 0 Å². The minimum absolute atomic E-state index is 0.108. The average Bonchev–Trinajstić information content (AvgIpc) is 2.99. The van der Waals surface area contributed by atoms with Crippen molar-refractivity contribution in [3.8, 4) is 0 Å². The molecule has 0 spiro atoms. The van der Waals surface area contributed by atoms with Crippen molar-refractivity contribution in [3.05, 3.63) is 33.8 Å². The van der Waals surface area contributed by atoms with Crippen LogP contribution < -0.4 is 10.2 Å². The van der Waals surface area contributed by atoms with E-state index >= 15 is 0 Å². The summed E-state index contributed by atoms with van der Waals surface area (Å²) in [5.41, 5.74) is 1.90. The van der Waals surface area contributed by atoms with Gasteiger partial charge in [0.2, 0.25) is 5.95 Å². The minimum atomic E-state index is -3.35. The molecule has 0 saturated carbocycles. The van der Waals surface area contributed by atoms with E-state index in [4.69, 9.17) is 0 Å². The lowest BCUT2D eigenvalue weighted by atomic mass is 9.96. The van der Waals surface area contributed by atoms with E-state index in [1.54, 1.807) is 11.3 Å². The molecule has 136 valence electrons. The lowest BCUT2D eigenvalue weighted by Gasteiger charge is -2.25. The van der Waals surface area contributed by atoms with Gasteiger partial charge in [0.1, 0.15) is 4.90 Å². The number of aromatic nitrogens is 2. The Labute approximate surface area is 153 Å². The van der Waals surface area contributed by atoms with Gasteiger partial charge in [0.05, 0.1) is 18.4 Å². The summed E-state index contributed by atoms with van der Waals surface area (Å²) in [5.74, 6) is 0.679. The number of aryl methyl sites for hydroxylation is 1. The third kappa shape index (κ3) is 4.19. The number of thiophene rings is 1. The standard InChI is InChI=1S/C17H24N4O2S2/c1-12-6-8-24-14(12)11-21(2)17-19-10-15(25(3,22)23)16(20-17)13-5-4-7-18-9-13/h6,8,10,13,18H,4-5,7,9,11H2,1-3H3. The van der Waals surface area contributed by atoms with Crippen LogP contribution in [0.5, 0.6) is 0 Å². The lowest BCUT2D eigenvalue weighted by Crippen LogP contribution is -2.30. The summed E-state index contributed by atoms with van der Waals surface area (Å²) < 4.78 is 24.3. The predicted octanol–water partition coefficient (Wildman–Crippen LogP) is 2.35. The summed E-state index contributed by atoms with van der Waals surface area (Å²) in [6, 6.07) is 2.10. The topological polar surface area (TPSA) is 75.2 Å².